The number of hydrogen-bond acceptors (Lipinski definition) is 7. The summed E-state index contributed by atoms with van der Waals surface area (Å²) >= 11 is 0. The summed E-state index contributed by atoms with van der Waals surface area (Å²) in [6.07, 6.45) is -0.169. The van der Waals surface area contributed by atoms with Crippen LogP contribution in [0.5, 0.6) is 0 Å². The number of nitro groups is 1. The predicted octanol–water partition coefficient (Wildman–Crippen LogP) is 2.13. The molecule has 1 heterocycles. The molecule has 0 saturated carbocycles. The number of carbonyl (C=O) groups excluding carboxylic acids is 4. The summed E-state index contributed by atoms with van der Waals surface area (Å²) in [7, 11) is 0. The van der Waals surface area contributed by atoms with Crippen molar-refractivity contribution in [2.45, 2.75) is 20.3 Å². The van der Waals surface area contributed by atoms with E-state index in [-0.39, 0.29) is 30.0 Å². The standard InChI is InChI=1S/C22H21N3O7/c1-13-3-4-16(9-14(13)2)19(26)12-32-22(29)17-10-20(27)24(11-17)23-21(28)15-5-7-18(8-6-15)25(30)31/h3-9,17H,10-12H2,1-2H3,(H,23,28)/t17-/m1/s1. The average Bonchev–Trinajstić information content (AvgIpc) is 3.13. The number of rotatable bonds is 7. The van der Waals surface area contributed by atoms with Gasteiger partial charge in [-0.3, -0.25) is 39.7 Å². The molecule has 0 spiro atoms. The number of nitro benzene ring substituents is 1. The van der Waals surface area contributed by atoms with E-state index in [2.05, 4.69) is 5.43 Å². The third kappa shape index (κ3) is 5.15. The number of carbonyl (C=O) groups is 4. The molecule has 1 N–H and O–H groups in total. The maximum atomic E-state index is 12.3. The first kappa shape index (κ1) is 22.6. The average molecular weight is 439 g/mol. The van der Waals surface area contributed by atoms with Crippen LogP contribution < -0.4 is 5.43 Å². The van der Waals surface area contributed by atoms with Gasteiger partial charge in [0.1, 0.15) is 0 Å². The Bertz CT molecular complexity index is 1100. The van der Waals surface area contributed by atoms with Gasteiger partial charge in [-0.15, -0.1) is 0 Å². The molecule has 0 bridgehead atoms. The largest absolute Gasteiger partial charge is 0.457 e. The van der Waals surface area contributed by atoms with Crippen LogP contribution in [0.15, 0.2) is 42.5 Å². The summed E-state index contributed by atoms with van der Waals surface area (Å²) < 4.78 is 5.09. The second kappa shape index (κ2) is 9.38. The molecule has 2 amide bonds. The number of nitrogens with zero attached hydrogens (tertiary/aromatic N) is 2. The Balaban J connectivity index is 1.53. The van der Waals surface area contributed by atoms with Crippen molar-refractivity contribution in [2.75, 3.05) is 13.2 Å². The fourth-order valence-electron chi connectivity index (χ4n) is 3.15. The summed E-state index contributed by atoms with van der Waals surface area (Å²) in [4.78, 5) is 59.2. The Morgan fingerprint density at radius 3 is 2.38 bits per heavy atom. The molecule has 0 unspecified atom stereocenters. The molecule has 1 fully saturated rings. The molecule has 166 valence electrons. The van der Waals surface area contributed by atoms with Gasteiger partial charge in [-0.05, 0) is 43.2 Å². The van der Waals surface area contributed by atoms with Crippen LogP contribution in [-0.2, 0) is 14.3 Å². The molecule has 1 saturated heterocycles. The van der Waals surface area contributed by atoms with Gasteiger partial charge >= 0.3 is 5.97 Å². The summed E-state index contributed by atoms with van der Waals surface area (Å²) in [5.74, 6) is -3.01. The third-order valence-electron chi connectivity index (χ3n) is 5.21. The number of benzene rings is 2. The fraction of sp³-hybridized carbons (Fsp3) is 0.273. The van der Waals surface area contributed by atoms with Crippen LogP contribution in [0.1, 0.15) is 38.3 Å². The van der Waals surface area contributed by atoms with E-state index in [4.69, 9.17) is 4.74 Å². The van der Waals surface area contributed by atoms with E-state index in [9.17, 15) is 29.3 Å². The molecule has 10 nitrogen and oxygen atoms in total. The third-order valence-corrected chi connectivity index (χ3v) is 5.21. The number of hydrogen-bond donors (Lipinski definition) is 1. The number of ketones is 1. The van der Waals surface area contributed by atoms with Gasteiger partial charge in [-0.2, -0.15) is 0 Å². The lowest BCUT2D eigenvalue weighted by molar-refractivity contribution is -0.384. The van der Waals surface area contributed by atoms with Crippen LogP contribution in [0.2, 0.25) is 0 Å². The first-order chi connectivity index (χ1) is 15.2. The van der Waals surface area contributed by atoms with E-state index < -0.39 is 35.2 Å². The molecule has 1 aliphatic rings. The van der Waals surface area contributed by atoms with Crippen molar-refractivity contribution in [1.29, 1.82) is 0 Å². The van der Waals surface area contributed by atoms with Gasteiger partial charge in [0.25, 0.3) is 11.6 Å². The monoisotopic (exact) mass is 439 g/mol. The Kier molecular flexibility index (Phi) is 6.62. The van der Waals surface area contributed by atoms with E-state index in [0.717, 1.165) is 16.1 Å². The van der Waals surface area contributed by atoms with Gasteiger partial charge in [0.05, 0.1) is 17.4 Å². The number of ether oxygens (including phenoxy) is 1. The lowest BCUT2D eigenvalue weighted by Gasteiger charge is -2.17. The zero-order chi connectivity index (χ0) is 23.4. The van der Waals surface area contributed by atoms with Crippen LogP contribution in [0.4, 0.5) is 5.69 Å². The summed E-state index contributed by atoms with van der Waals surface area (Å²) in [6, 6.07) is 10.1. The number of Topliss-reactive ketones (excluding diaryl/α,β-unsaturated/α-hetero) is 1. The van der Waals surface area contributed by atoms with E-state index in [1.165, 1.54) is 24.3 Å². The minimum atomic E-state index is -0.827. The van der Waals surface area contributed by atoms with Gasteiger partial charge in [0.2, 0.25) is 5.91 Å². The van der Waals surface area contributed by atoms with Gasteiger partial charge < -0.3 is 4.74 Å². The molecule has 1 aliphatic heterocycles. The summed E-state index contributed by atoms with van der Waals surface area (Å²) in [5, 5.41) is 11.7. The molecule has 0 aromatic heterocycles. The fourth-order valence-corrected chi connectivity index (χ4v) is 3.15. The van der Waals surface area contributed by atoms with Crippen molar-refractivity contribution in [3.63, 3.8) is 0 Å². The summed E-state index contributed by atoms with van der Waals surface area (Å²) in [6.45, 7) is 3.25. The highest BCUT2D eigenvalue weighted by atomic mass is 16.6. The molecule has 2 aromatic carbocycles. The predicted molar refractivity (Wildman–Crippen MR) is 112 cm³/mol. The van der Waals surface area contributed by atoms with Gasteiger partial charge in [-0.25, -0.2) is 0 Å². The minimum absolute atomic E-state index is 0.103. The Morgan fingerprint density at radius 1 is 1.09 bits per heavy atom. The highest BCUT2D eigenvalue weighted by Gasteiger charge is 2.36. The molecule has 2 aromatic rings. The number of hydrazine groups is 1. The van der Waals surface area contributed by atoms with Crippen LogP contribution in [0, 0.1) is 29.9 Å². The van der Waals surface area contributed by atoms with Crippen LogP contribution >= 0.6 is 0 Å². The molecule has 0 aliphatic carbocycles. The first-order valence-electron chi connectivity index (χ1n) is 9.78. The number of esters is 1. The molecular formula is C22H21N3O7. The molecule has 0 radical (unpaired) electrons. The summed E-state index contributed by atoms with van der Waals surface area (Å²) in [5.41, 5.74) is 4.75. The quantitative estimate of drug-likeness (QED) is 0.302. The van der Waals surface area contributed by atoms with E-state index in [1.54, 1.807) is 12.1 Å². The number of amides is 2. The van der Waals surface area contributed by atoms with E-state index in [0.29, 0.717) is 5.56 Å². The number of non-ortho nitro benzene ring substituents is 1. The van der Waals surface area contributed by atoms with Crippen LogP contribution in [-0.4, -0.2) is 46.7 Å². The van der Waals surface area contributed by atoms with Crippen molar-refractivity contribution >= 4 is 29.3 Å². The van der Waals surface area contributed by atoms with Crippen molar-refractivity contribution in [3.8, 4) is 0 Å². The first-order valence-corrected chi connectivity index (χ1v) is 9.78. The normalized spacial score (nSPS) is 15.4. The topological polar surface area (TPSA) is 136 Å². The zero-order valence-electron chi connectivity index (χ0n) is 17.5. The highest BCUT2D eigenvalue weighted by molar-refractivity contribution is 5.99. The highest BCUT2D eigenvalue weighted by Crippen LogP contribution is 2.19. The Morgan fingerprint density at radius 2 is 1.75 bits per heavy atom. The maximum absolute atomic E-state index is 12.3. The number of nitrogens with one attached hydrogen (secondary N) is 1. The lowest BCUT2D eigenvalue weighted by atomic mass is 10.0. The lowest BCUT2D eigenvalue weighted by Crippen LogP contribution is -2.43. The van der Waals surface area contributed by atoms with Crippen LogP contribution in [0.3, 0.4) is 0 Å². The minimum Gasteiger partial charge on any atom is -0.457 e. The molecule has 1 atom stereocenters. The van der Waals surface area contributed by atoms with Crippen molar-refractivity contribution in [1.82, 2.24) is 10.4 Å². The smallest absolute Gasteiger partial charge is 0.311 e. The van der Waals surface area contributed by atoms with Gasteiger partial charge in [0.15, 0.2) is 12.4 Å². The van der Waals surface area contributed by atoms with Crippen LogP contribution in [0.25, 0.3) is 0 Å². The van der Waals surface area contributed by atoms with Gasteiger partial charge in [0, 0.05) is 29.7 Å². The second-order valence-electron chi connectivity index (χ2n) is 7.48. The van der Waals surface area contributed by atoms with Crippen molar-refractivity contribution in [2.24, 2.45) is 5.92 Å². The van der Waals surface area contributed by atoms with Crippen molar-refractivity contribution in [3.05, 3.63) is 74.8 Å². The van der Waals surface area contributed by atoms with E-state index >= 15 is 0 Å². The second-order valence-corrected chi connectivity index (χ2v) is 7.48. The Hall–Kier alpha value is -4.08. The molecule has 10 heteroatoms. The molecular weight excluding hydrogens is 418 g/mol. The molecule has 3 rings (SSSR count). The maximum Gasteiger partial charge on any atom is 0.311 e. The van der Waals surface area contributed by atoms with Crippen molar-refractivity contribution < 1.29 is 28.8 Å². The van der Waals surface area contributed by atoms with Gasteiger partial charge in [-0.1, -0.05) is 12.1 Å². The SMILES string of the molecule is Cc1ccc(C(=O)COC(=O)[C@@H]2CC(=O)N(NC(=O)c3ccc([N+](=O)[O-])cc3)C2)cc1C. The zero-order valence-corrected chi connectivity index (χ0v) is 17.5. The van der Waals surface area contributed by atoms with E-state index in [1.807, 2.05) is 19.9 Å². The Labute approximate surface area is 183 Å². The number of aryl methyl sites for hydroxylation is 2. The molecule has 32 heavy (non-hydrogen) atoms.